The fraction of sp³-hybridized carbons (Fsp3) is 0.455. The molecule has 0 aromatic carbocycles. The lowest BCUT2D eigenvalue weighted by atomic mass is 10.2. The van der Waals surface area contributed by atoms with Crippen molar-refractivity contribution < 1.29 is 19.1 Å². The van der Waals surface area contributed by atoms with Crippen molar-refractivity contribution in [3.63, 3.8) is 0 Å². The van der Waals surface area contributed by atoms with Crippen LogP contribution in [0.4, 0.5) is 0 Å². The summed E-state index contributed by atoms with van der Waals surface area (Å²) >= 11 is 8.10. The molecule has 1 unspecified atom stereocenters. The molecule has 0 N–H and O–H groups in total. The van der Waals surface area contributed by atoms with Crippen LogP contribution >= 0.6 is 43.2 Å². The number of halogens is 2. The lowest BCUT2D eigenvalue weighted by Gasteiger charge is -2.33. The van der Waals surface area contributed by atoms with Crippen LogP contribution in [0.15, 0.2) is 13.6 Å². The molecule has 1 aliphatic heterocycles. The molecule has 1 aromatic rings. The summed E-state index contributed by atoms with van der Waals surface area (Å²) in [4.78, 5) is 25.7. The molecule has 8 heteroatoms. The zero-order chi connectivity index (χ0) is 14.0. The topological polar surface area (TPSA) is 55.8 Å². The number of methoxy groups -OCH3 is 1. The molecule has 104 valence electrons. The van der Waals surface area contributed by atoms with Crippen molar-refractivity contribution in [2.45, 2.75) is 6.04 Å². The second kappa shape index (κ2) is 6.34. The van der Waals surface area contributed by atoms with Gasteiger partial charge in [0.2, 0.25) is 0 Å². The first-order chi connectivity index (χ1) is 9.04. The van der Waals surface area contributed by atoms with Gasteiger partial charge in [-0.1, -0.05) is 0 Å². The SMILES string of the molecule is COC(=O)C1COCCN1C(=O)c1cc(Br)sc1Br. The Morgan fingerprint density at radius 1 is 1.53 bits per heavy atom. The monoisotopic (exact) mass is 411 g/mol. The summed E-state index contributed by atoms with van der Waals surface area (Å²) in [6.45, 7) is 0.960. The van der Waals surface area contributed by atoms with E-state index in [1.54, 1.807) is 6.07 Å². The Morgan fingerprint density at radius 2 is 2.26 bits per heavy atom. The molecule has 0 bridgehead atoms. The van der Waals surface area contributed by atoms with Crippen LogP contribution in [0.5, 0.6) is 0 Å². The maximum Gasteiger partial charge on any atom is 0.331 e. The zero-order valence-corrected chi connectivity index (χ0v) is 14.0. The van der Waals surface area contributed by atoms with E-state index in [2.05, 4.69) is 31.9 Å². The van der Waals surface area contributed by atoms with E-state index >= 15 is 0 Å². The van der Waals surface area contributed by atoms with Crippen LogP contribution in [0.3, 0.4) is 0 Å². The molecule has 1 atom stereocenters. The van der Waals surface area contributed by atoms with Gasteiger partial charge in [0.25, 0.3) is 5.91 Å². The van der Waals surface area contributed by atoms with E-state index in [4.69, 9.17) is 9.47 Å². The maximum atomic E-state index is 12.5. The minimum absolute atomic E-state index is 0.168. The Bertz CT molecular complexity index is 505. The molecular weight excluding hydrogens is 402 g/mol. The summed E-state index contributed by atoms with van der Waals surface area (Å²) in [5.41, 5.74) is 0.535. The highest BCUT2D eigenvalue weighted by molar-refractivity contribution is 9.12. The van der Waals surface area contributed by atoms with Crippen molar-refractivity contribution in [1.29, 1.82) is 0 Å². The summed E-state index contributed by atoms with van der Waals surface area (Å²) in [5, 5.41) is 0. The summed E-state index contributed by atoms with van der Waals surface area (Å²) in [7, 11) is 1.30. The highest BCUT2D eigenvalue weighted by Crippen LogP contribution is 2.33. The highest BCUT2D eigenvalue weighted by Gasteiger charge is 2.35. The van der Waals surface area contributed by atoms with Crippen molar-refractivity contribution in [1.82, 2.24) is 4.90 Å². The number of rotatable bonds is 2. The van der Waals surface area contributed by atoms with Gasteiger partial charge in [0, 0.05) is 6.54 Å². The van der Waals surface area contributed by atoms with Crippen LogP contribution in [0.25, 0.3) is 0 Å². The van der Waals surface area contributed by atoms with E-state index in [1.807, 2.05) is 0 Å². The molecular formula is C11H11Br2NO4S. The number of hydrogen-bond acceptors (Lipinski definition) is 5. The van der Waals surface area contributed by atoms with Crippen LogP contribution < -0.4 is 0 Å². The van der Waals surface area contributed by atoms with Gasteiger partial charge in [0.1, 0.15) is 0 Å². The predicted octanol–water partition coefficient (Wildman–Crippen LogP) is 2.29. The molecule has 1 saturated heterocycles. The quantitative estimate of drug-likeness (QED) is 0.699. The molecule has 0 spiro atoms. The first kappa shape index (κ1) is 15.0. The zero-order valence-electron chi connectivity index (χ0n) is 10.0. The highest BCUT2D eigenvalue weighted by atomic mass is 79.9. The Morgan fingerprint density at radius 3 is 2.84 bits per heavy atom. The lowest BCUT2D eigenvalue weighted by Crippen LogP contribution is -2.53. The average molecular weight is 413 g/mol. The van der Waals surface area contributed by atoms with Gasteiger partial charge >= 0.3 is 5.97 Å². The number of morpholine rings is 1. The largest absolute Gasteiger partial charge is 0.467 e. The lowest BCUT2D eigenvalue weighted by molar-refractivity contribution is -0.151. The predicted molar refractivity (Wildman–Crippen MR) is 77.4 cm³/mol. The standard InChI is InChI=1S/C11H11Br2NO4S/c1-17-11(16)7-5-18-3-2-14(7)10(15)6-4-8(12)19-9(6)13/h4,7H,2-3,5H2,1H3. The van der Waals surface area contributed by atoms with Gasteiger partial charge in [0.15, 0.2) is 6.04 Å². The van der Waals surface area contributed by atoms with Gasteiger partial charge in [-0.3, -0.25) is 4.79 Å². The molecule has 2 heterocycles. The molecule has 5 nitrogen and oxygen atoms in total. The fourth-order valence-electron chi connectivity index (χ4n) is 1.82. The van der Waals surface area contributed by atoms with Gasteiger partial charge in [-0.15, -0.1) is 11.3 Å². The first-order valence-corrected chi connectivity index (χ1v) is 7.86. The van der Waals surface area contributed by atoms with E-state index < -0.39 is 12.0 Å². The molecule has 2 rings (SSSR count). The smallest absolute Gasteiger partial charge is 0.331 e. The number of carbonyl (C=O) groups is 2. The fourth-order valence-corrected chi connectivity index (χ4v) is 4.60. The third-order valence-corrected chi connectivity index (χ3v) is 5.09. The number of hydrogen-bond donors (Lipinski definition) is 0. The van der Waals surface area contributed by atoms with Gasteiger partial charge in [-0.2, -0.15) is 0 Å². The number of thiophene rings is 1. The van der Waals surface area contributed by atoms with Gasteiger partial charge in [0.05, 0.1) is 33.5 Å². The van der Waals surface area contributed by atoms with Crippen molar-refractivity contribution in [2.24, 2.45) is 0 Å². The van der Waals surface area contributed by atoms with Crippen molar-refractivity contribution in [3.05, 3.63) is 19.2 Å². The van der Waals surface area contributed by atoms with E-state index in [-0.39, 0.29) is 12.5 Å². The Balaban J connectivity index is 2.25. The number of ether oxygens (including phenoxy) is 2. The normalized spacial score (nSPS) is 19.3. The molecule has 1 fully saturated rings. The first-order valence-electron chi connectivity index (χ1n) is 5.46. The van der Waals surface area contributed by atoms with E-state index in [0.717, 1.165) is 7.57 Å². The Labute approximate surface area is 131 Å². The molecule has 0 aliphatic carbocycles. The van der Waals surface area contributed by atoms with Crippen LogP contribution in [-0.4, -0.2) is 49.7 Å². The van der Waals surface area contributed by atoms with E-state index in [0.29, 0.717) is 18.7 Å². The maximum absolute atomic E-state index is 12.5. The van der Waals surface area contributed by atoms with E-state index in [9.17, 15) is 9.59 Å². The number of carbonyl (C=O) groups excluding carboxylic acids is 2. The molecule has 19 heavy (non-hydrogen) atoms. The molecule has 0 radical (unpaired) electrons. The van der Waals surface area contributed by atoms with Gasteiger partial charge < -0.3 is 14.4 Å². The summed E-state index contributed by atoms with van der Waals surface area (Å²) in [6.07, 6.45) is 0. The Hall–Kier alpha value is -0.440. The molecule has 0 saturated carbocycles. The third-order valence-electron chi connectivity index (χ3n) is 2.75. The van der Waals surface area contributed by atoms with Gasteiger partial charge in [-0.25, -0.2) is 4.79 Å². The summed E-state index contributed by atoms with van der Waals surface area (Å²) < 4.78 is 11.5. The minimum Gasteiger partial charge on any atom is -0.467 e. The van der Waals surface area contributed by atoms with Crippen molar-refractivity contribution in [3.8, 4) is 0 Å². The Kier molecular flexibility index (Phi) is 4.99. The second-order valence-corrected chi connectivity index (χ2v) is 7.60. The molecule has 1 aromatic heterocycles. The number of nitrogens with zero attached hydrogens (tertiary/aromatic N) is 1. The van der Waals surface area contributed by atoms with Gasteiger partial charge in [-0.05, 0) is 37.9 Å². The minimum atomic E-state index is -0.683. The van der Waals surface area contributed by atoms with E-state index in [1.165, 1.54) is 23.3 Å². The van der Waals surface area contributed by atoms with Crippen LogP contribution in [0.2, 0.25) is 0 Å². The van der Waals surface area contributed by atoms with Crippen LogP contribution in [-0.2, 0) is 14.3 Å². The van der Waals surface area contributed by atoms with Crippen LogP contribution in [0, 0.1) is 0 Å². The number of amides is 1. The number of esters is 1. The summed E-state index contributed by atoms with van der Waals surface area (Å²) in [6, 6.07) is 1.05. The van der Waals surface area contributed by atoms with Crippen LogP contribution in [0.1, 0.15) is 10.4 Å². The second-order valence-electron chi connectivity index (χ2n) is 3.85. The van der Waals surface area contributed by atoms with Crippen molar-refractivity contribution in [2.75, 3.05) is 26.9 Å². The third kappa shape index (κ3) is 3.18. The molecule has 1 amide bonds. The summed E-state index contributed by atoms with van der Waals surface area (Å²) in [5.74, 6) is -0.661. The average Bonchev–Trinajstić information content (AvgIpc) is 2.76. The molecule has 1 aliphatic rings. The van der Waals surface area contributed by atoms with Crippen molar-refractivity contribution >= 4 is 55.1 Å².